The van der Waals surface area contributed by atoms with E-state index < -0.39 is 23.2 Å². The van der Waals surface area contributed by atoms with Gasteiger partial charge in [0.25, 0.3) is 0 Å². The van der Waals surface area contributed by atoms with Gasteiger partial charge in [0.2, 0.25) is 0 Å². The van der Waals surface area contributed by atoms with E-state index in [-0.39, 0.29) is 0 Å². The van der Waals surface area contributed by atoms with E-state index in [1.54, 1.807) is 6.92 Å². The zero-order valence-corrected chi connectivity index (χ0v) is 13.2. The molecule has 2 amide bonds. The Morgan fingerprint density at radius 2 is 1.91 bits per heavy atom. The molecular weight excluding hydrogens is 307 g/mol. The lowest BCUT2D eigenvalue weighted by atomic mass is 9.92. The summed E-state index contributed by atoms with van der Waals surface area (Å²) in [7, 11) is 0. The quantitative estimate of drug-likeness (QED) is 0.845. The number of halogens is 3. The lowest BCUT2D eigenvalue weighted by Gasteiger charge is -2.21. The highest BCUT2D eigenvalue weighted by Crippen LogP contribution is 2.34. The molecular formula is C16H18F3N3O. The molecule has 1 aliphatic rings. The molecule has 7 heteroatoms. The molecule has 0 bridgehead atoms. The van der Waals surface area contributed by atoms with Crippen LogP contribution in [-0.4, -0.2) is 24.0 Å². The summed E-state index contributed by atoms with van der Waals surface area (Å²) in [5, 5.41) is 11.8. The van der Waals surface area contributed by atoms with E-state index in [2.05, 4.69) is 11.4 Å². The third-order valence-corrected chi connectivity index (χ3v) is 4.12. The summed E-state index contributed by atoms with van der Waals surface area (Å²) >= 11 is 0. The first-order valence-corrected chi connectivity index (χ1v) is 7.21. The molecule has 0 radical (unpaired) electrons. The Bertz CT molecular complexity index is 655. The number of urea groups is 1. The molecule has 1 unspecified atom stereocenters. The van der Waals surface area contributed by atoms with Gasteiger partial charge in [0, 0.05) is 18.8 Å². The Morgan fingerprint density at radius 3 is 2.35 bits per heavy atom. The van der Waals surface area contributed by atoms with Crippen molar-refractivity contribution in [1.29, 1.82) is 5.26 Å². The number of nitrogens with zero attached hydrogens (tertiary/aromatic N) is 2. The Labute approximate surface area is 132 Å². The molecule has 1 fully saturated rings. The van der Waals surface area contributed by atoms with Gasteiger partial charge in [-0.3, -0.25) is 0 Å². The number of nitrogens with one attached hydrogen (secondary N) is 1. The molecule has 23 heavy (non-hydrogen) atoms. The fourth-order valence-corrected chi connectivity index (χ4v) is 2.74. The van der Waals surface area contributed by atoms with Crippen molar-refractivity contribution in [3.63, 3.8) is 0 Å². The van der Waals surface area contributed by atoms with Crippen LogP contribution in [-0.2, 0) is 6.18 Å². The van der Waals surface area contributed by atoms with Crippen LogP contribution in [0.1, 0.15) is 30.0 Å². The maximum Gasteiger partial charge on any atom is 0.416 e. The highest BCUT2D eigenvalue weighted by atomic mass is 19.4. The summed E-state index contributed by atoms with van der Waals surface area (Å²) in [4.78, 5) is 13.8. The van der Waals surface area contributed by atoms with E-state index in [1.165, 1.54) is 18.7 Å². The topological polar surface area (TPSA) is 56.1 Å². The van der Waals surface area contributed by atoms with Gasteiger partial charge < -0.3 is 10.2 Å². The zero-order valence-electron chi connectivity index (χ0n) is 13.2. The predicted molar refractivity (Wildman–Crippen MR) is 79.8 cm³/mol. The van der Waals surface area contributed by atoms with Crippen LogP contribution < -0.4 is 5.32 Å². The van der Waals surface area contributed by atoms with E-state index in [4.69, 9.17) is 5.26 Å². The molecule has 1 N–H and O–H groups in total. The SMILES string of the molecule is Cc1cc(C(F)(F)F)cc(C)c1NC(=O)N1CCC(C)(C#N)C1. The molecule has 1 saturated heterocycles. The van der Waals surface area contributed by atoms with Crippen molar-refractivity contribution in [3.05, 3.63) is 28.8 Å². The van der Waals surface area contributed by atoms with E-state index >= 15 is 0 Å². The highest BCUT2D eigenvalue weighted by Gasteiger charge is 2.36. The minimum Gasteiger partial charge on any atom is -0.323 e. The maximum absolute atomic E-state index is 12.8. The molecule has 4 nitrogen and oxygen atoms in total. The van der Waals surface area contributed by atoms with Crippen molar-refractivity contribution in [2.24, 2.45) is 5.41 Å². The Morgan fingerprint density at radius 1 is 1.35 bits per heavy atom. The van der Waals surface area contributed by atoms with Crippen LogP contribution >= 0.6 is 0 Å². The van der Waals surface area contributed by atoms with Gasteiger partial charge in [-0.25, -0.2) is 4.79 Å². The smallest absolute Gasteiger partial charge is 0.323 e. The van der Waals surface area contributed by atoms with Gasteiger partial charge in [0.05, 0.1) is 17.0 Å². The minimum atomic E-state index is -4.42. The van der Waals surface area contributed by atoms with Crippen LogP contribution in [0.5, 0.6) is 0 Å². The van der Waals surface area contributed by atoms with Crippen LogP contribution in [0.15, 0.2) is 12.1 Å². The van der Waals surface area contributed by atoms with Crippen molar-refractivity contribution in [1.82, 2.24) is 4.90 Å². The van der Waals surface area contributed by atoms with Crippen LogP contribution in [0.4, 0.5) is 23.7 Å². The number of benzene rings is 1. The number of rotatable bonds is 1. The molecule has 1 aromatic rings. The average Bonchev–Trinajstić information content (AvgIpc) is 2.85. The number of likely N-dealkylation sites (tertiary alicyclic amines) is 1. The molecule has 0 saturated carbocycles. The van der Waals surface area contributed by atoms with E-state index in [0.717, 1.165) is 12.1 Å². The van der Waals surface area contributed by atoms with E-state index in [0.29, 0.717) is 36.3 Å². The molecule has 1 aliphatic heterocycles. The summed E-state index contributed by atoms with van der Waals surface area (Å²) in [6, 6.07) is 3.84. The number of hydrogen-bond donors (Lipinski definition) is 1. The summed E-state index contributed by atoms with van der Waals surface area (Å²) in [5.41, 5.74) is -0.209. The van der Waals surface area contributed by atoms with Gasteiger partial charge in [0.1, 0.15) is 0 Å². The first-order valence-electron chi connectivity index (χ1n) is 7.21. The molecule has 0 aromatic heterocycles. The molecule has 0 spiro atoms. The minimum absolute atomic E-state index is 0.314. The van der Waals surface area contributed by atoms with Gasteiger partial charge in [-0.1, -0.05) is 0 Å². The summed E-state index contributed by atoms with van der Waals surface area (Å²) in [5.74, 6) is 0. The Kier molecular flexibility index (Phi) is 4.29. The highest BCUT2D eigenvalue weighted by molar-refractivity contribution is 5.91. The maximum atomic E-state index is 12.8. The van der Waals surface area contributed by atoms with Gasteiger partial charge in [-0.05, 0) is 50.5 Å². The number of carbonyl (C=O) groups excluding carboxylic acids is 1. The van der Waals surface area contributed by atoms with Crippen molar-refractivity contribution >= 4 is 11.7 Å². The van der Waals surface area contributed by atoms with Crippen molar-refractivity contribution in [2.75, 3.05) is 18.4 Å². The largest absolute Gasteiger partial charge is 0.416 e. The molecule has 2 rings (SSSR count). The standard InChI is InChI=1S/C16H18F3N3O/c1-10-6-12(16(17,18)19)7-11(2)13(10)21-14(23)22-5-4-15(3,8-20)9-22/h6-7H,4-5,9H2,1-3H3,(H,21,23). The predicted octanol–water partition coefficient (Wildman–Crippen LogP) is 4.09. The molecule has 0 aliphatic carbocycles. The molecule has 1 heterocycles. The van der Waals surface area contributed by atoms with Crippen molar-refractivity contribution in [2.45, 2.75) is 33.4 Å². The molecule has 1 atom stereocenters. The second kappa shape index (κ2) is 5.76. The van der Waals surface area contributed by atoms with Gasteiger partial charge in [-0.2, -0.15) is 18.4 Å². The second-order valence-corrected chi connectivity index (χ2v) is 6.26. The van der Waals surface area contributed by atoms with Crippen LogP contribution in [0.2, 0.25) is 0 Å². The molecule has 1 aromatic carbocycles. The third-order valence-electron chi connectivity index (χ3n) is 4.12. The first-order chi connectivity index (χ1) is 10.6. The second-order valence-electron chi connectivity index (χ2n) is 6.26. The molecule has 124 valence electrons. The summed E-state index contributed by atoms with van der Waals surface area (Å²) in [6.07, 6.45) is -3.83. The zero-order chi connectivity index (χ0) is 17.4. The monoisotopic (exact) mass is 325 g/mol. The summed E-state index contributed by atoms with van der Waals surface area (Å²) in [6.45, 7) is 5.61. The first kappa shape index (κ1) is 17.1. The van der Waals surface area contributed by atoms with Gasteiger partial charge in [0.15, 0.2) is 0 Å². The number of amides is 2. The number of anilines is 1. The number of aryl methyl sites for hydroxylation is 2. The summed E-state index contributed by atoms with van der Waals surface area (Å²) < 4.78 is 38.4. The van der Waals surface area contributed by atoms with E-state index in [1.807, 2.05) is 0 Å². The van der Waals surface area contributed by atoms with Crippen LogP contribution in [0.3, 0.4) is 0 Å². The Balaban J connectivity index is 2.18. The fourth-order valence-electron chi connectivity index (χ4n) is 2.74. The van der Waals surface area contributed by atoms with Crippen molar-refractivity contribution < 1.29 is 18.0 Å². The Hall–Kier alpha value is -2.23. The third kappa shape index (κ3) is 3.58. The van der Waals surface area contributed by atoms with E-state index in [9.17, 15) is 18.0 Å². The van der Waals surface area contributed by atoms with Crippen LogP contribution in [0.25, 0.3) is 0 Å². The average molecular weight is 325 g/mol. The van der Waals surface area contributed by atoms with Gasteiger partial charge in [-0.15, -0.1) is 0 Å². The van der Waals surface area contributed by atoms with Crippen molar-refractivity contribution in [3.8, 4) is 6.07 Å². The number of alkyl halides is 3. The number of hydrogen-bond acceptors (Lipinski definition) is 2. The lowest BCUT2D eigenvalue weighted by molar-refractivity contribution is -0.137. The van der Waals surface area contributed by atoms with Gasteiger partial charge >= 0.3 is 12.2 Å². The fraction of sp³-hybridized carbons (Fsp3) is 0.500. The lowest BCUT2D eigenvalue weighted by Crippen LogP contribution is -2.34. The van der Waals surface area contributed by atoms with Crippen LogP contribution in [0, 0.1) is 30.6 Å². The number of nitriles is 1. The normalized spacial score (nSPS) is 21.2. The number of carbonyl (C=O) groups is 1.